The summed E-state index contributed by atoms with van der Waals surface area (Å²) in [5, 5.41) is 5.82. The maximum Gasteiger partial charge on any atom is 0.408 e. The van der Waals surface area contributed by atoms with Crippen LogP contribution in [-0.4, -0.2) is 59.0 Å². The van der Waals surface area contributed by atoms with E-state index in [1.165, 1.54) is 0 Å². The molecule has 1 fully saturated rings. The Morgan fingerprint density at radius 3 is 2.49 bits per heavy atom. The van der Waals surface area contributed by atoms with E-state index in [4.69, 9.17) is 11.2 Å². The first-order valence-corrected chi connectivity index (χ1v) is 14.6. The molecule has 1 aromatic carbocycles. The molecule has 0 radical (unpaired) electrons. The lowest BCUT2D eigenvalue weighted by atomic mass is 9.97. The minimum absolute atomic E-state index is 0.123. The van der Waals surface area contributed by atoms with Crippen LogP contribution >= 0.6 is 11.8 Å². The molecule has 8 heteroatoms. The molecule has 1 aromatic rings. The molecule has 0 saturated heterocycles. The average molecular weight is 530 g/mol. The Morgan fingerprint density at radius 2 is 1.92 bits per heavy atom. The standard InChI is InChI=1S/C29H43N3O4S/c1-8-10-13-17-30-26(33)25(22-15-12-11-14-21(22)9-2)32(24-19-20(24)3)27(34)23(16-18-37-7)31-28(35)36-29(4,5)6/h2,11-12,14-15,20,23-25H,8,10,13,16-19H2,1,3-7H3,(H,30,33)(H,31,35). The number of alkyl carbamates (subject to hydrolysis) is 1. The predicted molar refractivity (Wildman–Crippen MR) is 150 cm³/mol. The van der Waals surface area contributed by atoms with Crippen molar-refractivity contribution in [3.8, 4) is 12.3 Å². The molecule has 37 heavy (non-hydrogen) atoms. The first kappa shape index (κ1) is 30.6. The molecule has 2 N–H and O–H groups in total. The molecule has 2 rings (SSSR count). The number of nitrogens with one attached hydrogen (secondary N) is 2. The molecule has 0 spiro atoms. The maximum absolute atomic E-state index is 14.2. The van der Waals surface area contributed by atoms with Crippen LogP contribution in [0.15, 0.2) is 24.3 Å². The van der Waals surface area contributed by atoms with Gasteiger partial charge in [0, 0.05) is 18.2 Å². The van der Waals surface area contributed by atoms with E-state index in [2.05, 4.69) is 30.4 Å². The molecular weight excluding hydrogens is 486 g/mol. The monoisotopic (exact) mass is 529 g/mol. The van der Waals surface area contributed by atoms with Gasteiger partial charge in [-0.1, -0.05) is 50.8 Å². The van der Waals surface area contributed by atoms with E-state index in [1.54, 1.807) is 43.5 Å². The normalized spacial score (nSPS) is 18.2. The number of rotatable bonds is 13. The maximum atomic E-state index is 14.2. The van der Waals surface area contributed by atoms with E-state index in [0.29, 0.717) is 29.8 Å². The van der Waals surface area contributed by atoms with Gasteiger partial charge in [-0.15, -0.1) is 6.42 Å². The summed E-state index contributed by atoms with van der Waals surface area (Å²) in [7, 11) is 0. The van der Waals surface area contributed by atoms with Gasteiger partial charge in [-0.2, -0.15) is 11.8 Å². The number of amides is 3. The molecular formula is C29H43N3O4S. The largest absolute Gasteiger partial charge is 0.444 e. The number of benzene rings is 1. The predicted octanol–water partition coefficient (Wildman–Crippen LogP) is 4.90. The highest BCUT2D eigenvalue weighted by Gasteiger charge is 2.48. The van der Waals surface area contributed by atoms with E-state index in [9.17, 15) is 14.4 Å². The van der Waals surface area contributed by atoms with Crippen molar-refractivity contribution in [1.82, 2.24) is 15.5 Å². The number of thioether (sulfide) groups is 1. The van der Waals surface area contributed by atoms with E-state index >= 15 is 0 Å². The number of nitrogens with zero attached hydrogens (tertiary/aromatic N) is 1. The lowest BCUT2D eigenvalue weighted by molar-refractivity contribution is -0.143. The van der Waals surface area contributed by atoms with Gasteiger partial charge in [0.05, 0.1) is 0 Å². The van der Waals surface area contributed by atoms with E-state index in [0.717, 1.165) is 25.7 Å². The Balaban J connectivity index is 2.47. The van der Waals surface area contributed by atoms with Gasteiger partial charge in [0.15, 0.2) is 0 Å². The molecule has 4 unspecified atom stereocenters. The van der Waals surface area contributed by atoms with Crippen molar-refractivity contribution >= 4 is 29.7 Å². The summed E-state index contributed by atoms with van der Waals surface area (Å²) < 4.78 is 5.45. The highest BCUT2D eigenvalue weighted by atomic mass is 32.2. The molecule has 0 aliphatic heterocycles. The molecule has 7 nitrogen and oxygen atoms in total. The summed E-state index contributed by atoms with van der Waals surface area (Å²) in [6.45, 7) is 10.0. The average Bonchev–Trinajstić information content (AvgIpc) is 3.56. The molecule has 3 amide bonds. The fraction of sp³-hybridized carbons (Fsp3) is 0.621. The summed E-state index contributed by atoms with van der Waals surface area (Å²) in [6.07, 6.45) is 11.2. The molecule has 1 saturated carbocycles. The smallest absolute Gasteiger partial charge is 0.408 e. The molecule has 0 heterocycles. The van der Waals surface area contributed by atoms with E-state index in [1.807, 2.05) is 24.5 Å². The molecule has 1 aliphatic rings. The Morgan fingerprint density at radius 1 is 1.24 bits per heavy atom. The highest BCUT2D eigenvalue weighted by molar-refractivity contribution is 7.98. The summed E-state index contributed by atoms with van der Waals surface area (Å²) >= 11 is 1.59. The molecule has 0 aromatic heterocycles. The van der Waals surface area contributed by atoms with Crippen LogP contribution < -0.4 is 10.6 Å². The van der Waals surface area contributed by atoms with Crippen molar-refractivity contribution in [2.24, 2.45) is 5.92 Å². The second kappa shape index (κ2) is 14.3. The number of unbranched alkanes of at least 4 members (excludes halogenated alkanes) is 2. The van der Waals surface area contributed by atoms with Gasteiger partial charge in [-0.3, -0.25) is 9.59 Å². The lowest BCUT2D eigenvalue weighted by Crippen LogP contribution is -2.54. The van der Waals surface area contributed by atoms with Gasteiger partial charge in [-0.05, 0) is 69.6 Å². The van der Waals surface area contributed by atoms with Gasteiger partial charge in [-0.25, -0.2) is 4.79 Å². The number of hydrogen-bond donors (Lipinski definition) is 2. The lowest BCUT2D eigenvalue weighted by Gasteiger charge is -2.35. The Hall–Kier alpha value is -2.66. The van der Waals surface area contributed by atoms with Crippen LogP contribution in [0, 0.1) is 18.3 Å². The van der Waals surface area contributed by atoms with Crippen LogP contribution in [0.5, 0.6) is 0 Å². The number of carbonyl (C=O) groups excluding carboxylic acids is 3. The van der Waals surface area contributed by atoms with Gasteiger partial charge < -0.3 is 20.3 Å². The first-order chi connectivity index (χ1) is 17.5. The fourth-order valence-electron chi connectivity index (χ4n) is 4.26. The van der Waals surface area contributed by atoms with Crippen LogP contribution in [0.2, 0.25) is 0 Å². The molecule has 4 atom stereocenters. The van der Waals surface area contributed by atoms with Crippen molar-refractivity contribution in [3.05, 3.63) is 35.4 Å². The van der Waals surface area contributed by atoms with Crippen molar-refractivity contribution in [2.75, 3.05) is 18.6 Å². The summed E-state index contributed by atoms with van der Waals surface area (Å²) in [5.74, 6) is 3.03. The second-order valence-electron chi connectivity index (χ2n) is 10.6. The summed E-state index contributed by atoms with van der Waals surface area (Å²) in [4.78, 5) is 42.2. The van der Waals surface area contributed by atoms with Gasteiger partial charge in [0.2, 0.25) is 11.8 Å². The zero-order valence-corrected chi connectivity index (χ0v) is 24.0. The Bertz CT molecular complexity index is 969. The molecule has 1 aliphatic carbocycles. The van der Waals surface area contributed by atoms with Crippen molar-refractivity contribution in [3.63, 3.8) is 0 Å². The second-order valence-corrected chi connectivity index (χ2v) is 11.6. The number of hydrogen-bond acceptors (Lipinski definition) is 5. The Kier molecular flexibility index (Phi) is 11.8. The van der Waals surface area contributed by atoms with Crippen molar-refractivity contribution in [1.29, 1.82) is 0 Å². The van der Waals surface area contributed by atoms with Gasteiger partial charge in [0.25, 0.3) is 0 Å². The Labute approximate surface area is 226 Å². The number of terminal acetylenes is 1. The minimum Gasteiger partial charge on any atom is -0.444 e. The molecule has 204 valence electrons. The number of ether oxygens (including phenoxy) is 1. The van der Waals surface area contributed by atoms with Crippen LogP contribution in [-0.2, 0) is 14.3 Å². The van der Waals surface area contributed by atoms with Crippen molar-refractivity contribution in [2.45, 2.75) is 90.4 Å². The quantitative estimate of drug-likeness (QED) is 0.280. The summed E-state index contributed by atoms with van der Waals surface area (Å²) in [6, 6.07) is 5.41. The summed E-state index contributed by atoms with van der Waals surface area (Å²) in [5.41, 5.74) is 0.489. The minimum atomic E-state index is -0.895. The zero-order valence-electron chi connectivity index (χ0n) is 23.1. The van der Waals surface area contributed by atoms with Gasteiger partial charge >= 0.3 is 6.09 Å². The van der Waals surface area contributed by atoms with Crippen LogP contribution in [0.25, 0.3) is 0 Å². The third kappa shape index (κ3) is 9.30. The van der Waals surface area contributed by atoms with E-state index < -0.39 is 23.8 Å². The fourth-order valence-corrected chi connectivity index (χ4v) is 4.73. The third-order valence-electron chi connectivity index (χ3n) is 6.30. The topological polar surface area (TPSA) is 87.7 Å². The third-order valence-corrected chi connectivity index (χ3v) is 6.94. The van der Waals surface area contributed by atoms with Crippen molar-refractivity contribution < 1.29 is 19.1 Å². The number of carbonyl (C=O) groups is 3. The first-order valence-electron chi connectivity index (χ1n) is 13.2. The molecule has 0 bridgehead atoms. The van der Waals surface area contributed by atoms with Crippen LogP contribution in [0.1, 0.15) is 83.9 Å². The highest BCUT2D eigenvalue weighted by Crippen LogP contribution is 2.41. The van der Waals surface area contributed by atoms with E-state index in [-0.39, 0.29) is 23.8 Å². The SMILES string of the molecule is C#Cc1ccccc1C(C(=O)NCCCCC)N(C(=O)C(CCSC)NC(=O)OC(C)(C)C)C1CC1C. The van der Waals surface area contributed by atoms with Gasteiger partial charge in [0.1, 0.15) is 17.7 Å². The zero-order chi connectivity index (χ0) is 27.6. The van der Waals surface area contributed by atoms with Crippen LogP contribution in [0.3, 0.4) is 0 Å². The van der Waals surface area contributed by atoms with Crippen LogP contribution in [0.4, 0.5) is 4.79 Å².